The first-order chi connectivity index (χ1) is 12.8. The molecule has 1 amide bonds. The van der Waals surface area contributed by atoms with E-state index >= 15 is 0 Å². The predicted octanol–water partition coefficient (Wildman–Crippen LogP) is 3.20. The fourth-order valence-electron chi connectivity index (χ4n) is 3.12. The second-order valence-corrected chi connectivity index (χ2v) is 8.71. The number of nitrogens with zero attached hydrogens (tertiary/aromatic N) is 1. The molecule has 0 unspecified atom stereocenters. The molecule has 6 heteroatoms. The van der Waals surface area contributed by atoms with E-state index in [0.29, 0.717) is 5.69 Å². The molecule has 5 nitrogen and oxygen atoms in total. The quantitative estimate of drug-likeness (QED) is 0.793. The highest BCUT2D eigenvalue weighted by Gasteiger charge is 2.31. The Morgan fingerprint density at radius 1 is 1.11 bits per heavy atom. The monoisotopic (exact) mass is 385 g/mol. The maximum Gasteiger partial charge on any atom is 0.231 e. The first kappa shape index (κ1) is 19.2. The summed E-state index contributed by atoms with van der Waals surface area (Å²) in [5.41, 5.74) is 3.73. The maximum atomic E-state index is 13.1. The molecule has 0 N–H and O–H groups in total. The normalized spacial score (nSPS) is 17.7. The lowest BCUT2D eigenvalue weighted by Gasteiger charge is -2.28. The summed E-state index contributed by atoms with van der Waals surface area (Å²) in [5, 5.41) is 1.20. The Morgan fingerprint density at radius 2 is 1.81 bits per heavy atom. The average molecular weight is 385 g/mol. The van der Waals surface area contributed by atoms with Gasteiger partial charge in [-0.05, 0) is 60.9 Å². The number of amides is 1. The van der Waals surface area contributed by atoms with Crippen molar-refractivity contribution in [2.45, 2.75) is 26.3 Å². The van der Waals surface area contributed by atoms with Crippen LogP contribution in [0.15, 0.2) is 53.9 Å². The lowest BCUT2D eigenvalue weighted by atomic mass is 10.1. The molecule has 27 heavy (non-hydrogen) atoms. The van der Waals surface area contributed by atoms with E-state index in [-0.39, 0.29) is 18.1 Å². The van der Waals surface area contributed by atoms with E-state index in [1.54, 1.807) is 18.1 Å². The van der Waals surface area contributed by atoms with Crippen molar-refractivity contribution in [3.8, 4) is 5.75 Å². The van der Waals surface area contributed by atoms with Crippen LogP contribution in [0.4, 0.5) is 5.69 Å². The standard InChI is InChI=1S/C21H23NO4S/c1-15-4-7-18(12-16(15)2)22(19-10-11-27(24,25)14-19)21(23)13-17-5-8-20(26-3)9-6-17/h4-12,19H,13-14H2,1-3H3/t19-/m1/s1. The Balaban J connectivity index is 1.91. The highest BCUT2D eigenvalue weighted by Crippen LogP contribution is 2.26. The third kappa shape index (κ3) is 4.39. The van der Waals surface area contributed by atoms with Crippen molar-refractivity contribution in [2.75, 3.05) is 17.8 Å². The summed E-state index contributed by atoms with van der Waals surface area (Å²) in [6.07, 6.45) is 1.78. The van der Waals surface area contributed by atoms with Crippen LogP contribution in [-0.2, 0) is 21.1 Å². The second-order valence-electron chi connectivity index (χ2n) is 6.78. The molecule has 0 bridgehead atoms. The zero-order valence-electron chi connectivity index (χ0n) is 15.7. The van der Waals surface area contributed by atoms with Crippen LogP contribution < -0.4 is 9.64 Å². The Kier molecular flexibility index (Phi) is 5.37. The van der Waals surface area contributed by atoms with E-state index < -0.39 is 15.9 Å². The van der Waals surface area contributed by atoms with Crippen molar-refractivity contribution in [3.63, 3.8) is 0 Å². The molecule has 0 saturated heterocycles. The van der Waals surface area contributed by atoms with Crippen LogP contribution in [-0.4, -0.2) is 33.2 Å². The van der Waals surface area contributed by atoms with Crippen LogP contribution in [0, 0.1) is 13.8 Å². The van der Waals surface area contributed by atoms with Crippen molar-refractivity contribution in [1.82, 2.24) is 0 Å². The second kappa shape index (κ2) is 7.56. The van der Waals surface area contributed by atoms with E-state index in [0.717, 1.165) is 22.4 Å². The lowest BCUT2D eigenvalue weighted by Crippen LogP contribution is -2.42. The number of ether oxygens (including phenoxy) is 1. The van der Waals surface area contributed by atoms with Crippen LogP contribution in [0.3, 0.4) is 0 Å². The summed E-state index contributed by atoms with van der Waals surface area (Å²) in [4.78, 5) is 14.7. The number of anilines is 1. The third-order valence-corrected chi connectivity index (χ3v) is 6.17. The molecule has 1 atom stereocenters. The predicted molar refractivity (Wildman–Crippen MR) is 107 cm³/mol. The van der Waals surface area contributed by atoms with Gasteiger partial charge in [-0.3, -0.25) is 4.79 Å². The van der Waals surface area contributed by atoms with Gasteiger partial charge in [0.25, 0.3) is 0 Å². The Hall–Kier alpha value is -2.60. The lowest BCUT2D eigenvalue weighted by molar-refractivity contribution is -0.118. The minimum Gasteiger partial charge on any atom is -0.497 e. The van der Waals surface area contributed by atoms with Gasteiger partial charge in [0.15, 0.2) is 9.84 Å². The fraction of sp³-hybridized carbons (Fsp3) is 0.286. The maximum absolute atomic E-state index is 13.1. The van der Waals surface area contributed by atoms with E-state index in [1.807, 2.05) is 56.3 Å². The summed E-state index contributed by atoms with van der Waals surface area (Å²) in [6, 6.07) is 12.6. The number of rotatable bonds is 5. The molecule has 0 radical (unpaired) electrons. The van der Waals surface area contributed by atoms with Gasteiger partial charge in [0.05, 0.1) is 25.3 Å². The van der Waals surface area contributed by atoms with Gasteiger partial charge in [0.1, 0.15) is 5.75 Å². The van der Waals surface area contributed by atoms with E-state index in [1.165, 1.54) is 5.41 Å². The number of aryl methyl sites for hydroxylation is 2. The smallest absolute Gasteiger partial charge is 0.231 e. The molecular formula is C21H23NO4S. The van der Waals surface area contributed by atoms with Crippen molar-refractivity contribution >= 4 is 21.4 Å². The van der Waals surface area contributed by atoms with E-state index in [2.05, 4.69) is 0 Å². The van der Waals surface area contributed by atoms with Crippen LogP contribution in [0.1, 0.15) is 16.7 Å². The molecule has 0 aromatic heterocycles. The fourth-order valence-corrected chi connectivity index (χ4v) is 4.39. The molecule has 1 aliphatic heterocycles. The van der Waals surface area contributed by atoms with Gasteiger partial charge in [-0.2, -0.15) is 0 Å². The van der Waals surface area contributed by atoms with Gasteiger partial charge in [-0.25, -0.2) is 8.42 Å². The van der Waals surface area contributed by atoms with Gasteiger partial charge >= 0.3 is 0 Å². The summed E-state index contributed by atoms with van der Waals surface area (Å²) >= 11 is 0. The average Bonchev–Trinajstić information content (AvgIpc) is 2.98. The van der Waals surface area contributed by atoms with Crippen molar-refractivity contribution in [1.29, 1.82) is 0 Å². The molecule has 142 valence electrons. The molecule has 2 aromatic rings. The van der Waals surface area contributed by atoms with Crippen LogP contribution in [0.5, 0.6) is 5.75 Å². The number of hydrogen-bond acceptors (Lipinski definition) is 4. The summed E-state index contributed by atoms with van der Waals surface area (Å²) in [6.45, 7) is 3.98. The number of carbonyl (C=O) groups is 1. The molecular weight excluding hydrogens is 362 g/mol. The Bertz CT molecular complexity index is 978. The first-order valence-corrected chi connectivity index (χ1v) is 10.4. The number of methoxy groups -OCH3 is 1. The van der Waals surface area contributed by atoms with E-state index in [4.69, 9.17) is 4.74 Å². The zero-order chi connectivity index (χ0) is 19.6. The van der Waals surface area contributed by atoms with Crippen LogP contribution in [0.2, 0.25) is 0 Å². The molecule has 0 fully saturated rings. The van der Waals surface area contributed by atoms with Crippen LogP contribution in [0.25, 0.3) is 0 Å². The van der Waals surface area contributed by atoms with Gasteiger partial charge in [0.2, 0.25) is 5.91 Å². The molecule has 0 spiro atoms. The number of benzene rings is 2. The SMILES string of the molecule is COc1ccc(CC(=O)N(c2ccc(C)c(C)c2)[C@@H]2C=CS(=O)(=O)C2)cc1. The summed E-state index contributed by atoms with van der Waals surface area (Å²) in [7, 11) is -1.68. The molecule has 0 aliphatic carbocycles. The van der Waals surface area contributed by atoms with Gasteiger partial charge in [0, 0.05) is 11.1 Å². The number of sulfone groups is 1. The van der Waals surface area contributed by atoms with Crippen LogP contribution >= 0.6 is 0 Å². The largest absolute Gasteiger partial charge is 0.497 e. The first-order valence-electron chi connectivity index (χ1n) is 8.72. The molecule has 1 aliphatic rings. The Morgan fingerprint density at radius 3 is 2.37 bits per heavy atom. The van der Waals surface area contributed by atoms with Gasteiger partial charge in [-0.1, -0.05) is 18.2 Å². The minimum absolute atomic E-state index is 0.0890. The zero-order valence-corrected chi connectivity index (χ0v) is 16.5. The number of hydrogen-bond donors (Lipinski definition) is 0. The van der Waals surface area contributed by atoms with Crippen molar-refractivity contribution in [2.24, 2.45) is 0 Å². The highest BCUT2D eigenvalue weighted by atomic mass is 32.2. The topological polar surface area (TPSA) is 63.7 Å². The Labute approximate surface area is 160 Å². The van der Waals surface area contributed by atoms with E-state index in [9.17, 15) is 13.2 Å². The van der Waals surface area contributed by atoms with Gasteiger partial charge < -0.3 is 9.64 Å². The summed E-state index contributed by atoms with van der Waals surface area (Å²) < 4.78 is 29.0. The molecule has 0 saturated carbocycles. The molecule has 2 aromatic carbocycles. The summed E-state index contributed by atoms with van der Waals surface area (Å²) in [5.74, 6) is 0.492. The van der Waals surface area contributed by atoms with Gasteiger partial charge in [-0.15, -0.1) is 0 Å². The highest BCUT2D eigenvalue weighted by molar-refractivity contribution is 7.94. The third-order valence-electron chi connectivity index (χ3n) is 4.79. The van der Waals surface area contributed by atoms with Crippen molar-refractivity contribution in [3.05, 3.63) is 70.6 Å². The minimum atomic E-state index is -3.27. The molecule has 3 rings (SSSR count). The molecule has 1 heterocycles. The number of carbonyl (C=O) groups excluding carboxylic acids is 1. The van der Waals surface area contributed by atoms with Crippen molar-refractivity contribution < 1.29 is 17.9 Å².